The van der Waals surface area contributed by atoms with E-state index in [4.69, 9.17) is 9.26 Å². The van der Waals surface area contributed by atoms with Gasteiger partial charge in [-0.1, -0.05) is 25.9 Å². The van der Waals surface area contributed by atoms with Gasteiger partial charge >= 0.3 is 0 Å². The maximum absolute atomic E-state index is 12.1. The normalized spacial score (nSPS) is 16.7. The number of carbonyl (C=O) groups excluding carboxylic acids is 1. The molecule has 0 saturated carbocycles. The summed E-state index contributed by atoms with van der Waals surface area (Å²) in [6.07, 6.45) is 0. The molecule has 1 aliphatic heterocycles. The Morgan fingerprint density at radius 3 is 2.56 bits per heavy atom. The van der Waals surface area contributed by atoms with Gasteiger partial charge in [-0.05, 0) is 12.5 Å². The third kappa shape index (κ3) is 2.00. The van der Waals surface area contributed by atoms with Gasteiger partial charge in [-0.25, -0.2) is 0 Å². The summed E-state index contributed by atoms with van der Waals surface area (Å²) < 4.78 is 10.4. The minimum Gasteiger partial charge on any atom is -0.491 e. The van der Waals surface area contributed by atoms with Gasteiger partial charge in [0.2, 0.25) is 0 Å². The van der Waals surface area contributed by atoms with Crippen molar-refractivity contribution in [3.8, 4) is 0 Å². The quantitative estimate of drug-likeness (QED) is 0.807. The number of ether oxygens (including phenoxy) is 1. The minimum atomic E-state index is -0.163. The smallest absolute Gasteiger partial charge is 0.294 e. The fourth-order valence-electron chi connectivity index (χ4n) is 1.88. The first kappa shape index (κ1) is 12.7. The molecule has 5 nitrogen and oxygen atoms in total. The maximum Gasteiger partial charge on any atom is 0.294 e. The molecule has 2 rings (SSSR count). The first-order valence-electron chi connectivity index (χ1n) is 5.87. The molecule has 0 bridgehead atoms. The van der Waals surface area contributed by atoms with Crippen LogP contribution in [0.15, 0.2) is 21.9 Å². The molecule has 0 aromatic carbocycles. The van der Waals surface area contributed by atoms with Crippen LogP contribution in [-0.2, 0) is 14.9 Å². The van der Waals surface area contributed by atoms with Crippen molar-refractivity contribution < 1.29 is 14.1 Å². The molecule has 0 N–H and O–H groups in total. The lowest BCUT2D eigenvalue weighted by atomic mass is 9.93. The number of rotatable bonds is 2. The van der Waals surface area contributed by atoms with E-state index in [9.17, 15) is 4.79 Å². The summed E-state index contributed by atoms with van der Waals surface area (Å²) in [6, 6.07) is 1.81. The zero-order chi connectivity index (χ0) is 13.5. The second-order valence-electron chi connectivity index (χ2n) is 5.50. The van der Waals surface area contributed by atoms with E-state index in [1.807, 2.05) is 33.8 Å². The van der Waals surface area contributed by atoms with Gasteiger partial charge in [-0.3, -0.25) is 9.69 Å². The van der Waals surface area contributed by atoms with Crippen LogP contribution >= 0.6 is 0 Å². The maximum atomic E-state index is 12.1. The minimum absolute atomic E-state index is 0.124. The molecule has 18 heavy (non-hydrogen) atoms. The third-order valence-corrected chi connectivity index (χ3v) is 2.94. The molecule has 1 aromatic heterocycles. The van der Waals surface area contributed by atoms with Crippen LogP contribution in [0, 0.1) is 0 Å². The van der Waals surface area contributed by atoms with Crippen molar-refractivity contribution in [1.29, 1.82) is 0 Å². The number of nitrogens with zero attached hydrogens (tertiary/aromatic N) is 2. The summed E-state index contributed by atoms with van der Waals surface area (Å²) in [5.41, 5.74) is 0.781. The molecule has 0 saturated heterocycles. The molecule has 0 fully saturated rings. The fraction of sp³-hybridized carbons (Fsp3) is 0.538. The third-order valence-electron chi connectivity index (χ3n) is 2.94. The lowest BCUT2D eigenvalue weighted by molar-refractivity contribution is -0.117. The Morgan fingerprint density at radius 1 is 1.44 bits per heavy atom. The Kier molecular flexibility index (Phi) is 2.92. The molecular formula is C13H18N2O3. The summed E-state index contributed by atoms with van der Waals surface area (Å²) in [5, 5.41) is 3.97. The number of amides is 1. The van der Waals surface area contributed by atoms with E-state index in [1.54, 1.807) is 4.90 Å². The van der Waals surface area contributed by atoms with Crippen molar-refractivity contribution >= 4 is 11.7 Å². The van der Waals surface area contributed by atoms with Gasteiger partial charge < -0.3 is 9.26 Å². The van der Waals surface area contributed by atoms with Crippen LogP contribution in [0.4, 0.5) is 5.82 Å². The molecule has 1 aliphatic rings. The number of anilines is 1. The monoisotopic (exact) mass is 250 g/mol. The molecule has 0 atom stereocenters. The van der Waals surface area contributed by atoms with Gasteiger partial charge in [0, 0.05) is 11.5 Å². The summed E-state index contributed by atoms with van der Waals surface area (Å²) in [6.45, 7) is 8.48. The van der Waals surface area contributed by atoms with Crippen molar-refractivity contribution in [2.24, 2.45) is 0 Å². The summed E-state index contributed by atoms with van der Waals surface area (Å²) >= 11 is 0. The van der Waals surface area contributed by atoms with Crippen LogP contribution in [0.3, 0.4) is 0 Å². The van der Waals surface area contributed by atoms with Crippen LogP contribution in [-0.4, -0.2) is 24.7 Å². The van der Waals surface area contributed by atoms with Crippen LogP contribution in [0.25, 0.3) is 0 Å². The molecular weight excluding hydrogens is 232 g/mol. The van der Waals surface area contributed by atoms with Crippen molar-refractivity contribution in [3.63, 3.8) is 0 Å². The molecule has 0 aliphatic carbocycles. The van der Waals surface area contributed by atoms with Crippen LogP contribution in [0.1, 0.15) is 33.5 Å². The lowest BCUT2D eigenvalue weighted by Gasteiger charge is -2.13. The van der Waals surface area contributed by atoms with E-state index in [0.29, 0.717) is 18.1 Å². The topological polar surface area (TPSA) is 55.6 Å². The van der Waals surface area contributed by atoms with E-state index in [0.717, 1.165) is 11.3 Å². The predicted molar refractivity (Wildman–Crippen MR) is 67.3 cm³/mol. The van der Waals surface area contributed by atoms with Crippen LogP contribution in [0.5, 0.6) is 0 Å². The van der Waals surface area contributed by atoms with E-state index in [1.165, 1.54) is 7.11 Å². The standard InChI is InChI=1S/C13H18N2O3/c1-8-7-15(12(16)11(8)17-5)10-6-9(18-14-10)13(2,3)4/h6H,7H2,1-5H3. The number of carbonyl (C=O) groups is 1. The van der Waals surface area contributed by atoms with Crippen molar-refractivity contribution in [3.05, 3.63) is 23.2 Å². The predicted octanol–water partition coefficient (Wildman–Crippen LogP) is 2.24. The van der Waals surface area contributed by atoms with Gasteiger partial charge in [-0.2, -0.15) is 0 Å². The van der Waals surface area contributed by atoms with E-state index < -0.39 is 0 Å². The Balaban J connectivity index is 2.26. The van der Waals surface area contributed by atoms with Gasteiger partial charge in [0.15, 0.2) is 11.6 Å². The van der Waals surface area contributed by atoms with Gasteiger partial charge in [-0.15, -0.1) is 0 Å². The Bertz CT molecular complexity index is 509. The number of hydrogen-bond donors (Lipinski definition) is 0. The molecule has 98 valence electrons. The highest BCUT2D eigenvalue weighted by Crippen LogP contribution is 2.29. The average molecular weight is 250 g/mol. The number of aromatic nitrogens is 1. The largest absolute Gasteiger partial charge is 0.491 e. The van der Waals surface area contributed by atoms with Crippen molar-refractivity contribution in [1.82, 2.24) is 5.16 Å². The van der Waals surface area contributed by atoms with Gasteiger partial charge in [0.05, 0.1) is 13.7 Å². The summed E-state index contributed by atoms with van der Waals surface area (Å²) in [5.74, 6) is 1.53. The lowest BCUT2D eigenvalue weighted by Crippen LogP contribution is -2.27. The molecule has 0 unspecified atom stereocenters. The second kappa shape index (κ2) is 4.15. The van der Waals surface area contributed by atoms with Crippen molar-refractivity contribution in [2.45, 2.75) is 33.1 Å². The number of methoxy groups -OCH3 is 1. The highest BCUT2D eigenvalue weighted by molar-refractivity contribution is 6.07. The molecule has 1 amide bonds. The highest BCUT2D eigenvalue weighted by Gasteiger charge is 2.33. The van der Waals surface area contributed by atoms with Gasteiger partial charge in [0.1, 0.15) is 5.76 Å². The fourth-order valence-corrected chi connectivity index (χ4v) is 1.88. The van der Waals surface area contributed by atoms with E-state index >= 15 is 0 Å². The Morgan fingerprint density at radius 2 is 2.11 bits per heavy atom. The Labute approximate surface area is 106 Å². The molecule has 0 radical (unpaired) electrons. The van der Waals surface area contributed by atoms with E-state index in [2.05, 4.69) is 5.16 Å². The molecule has 0 spiro atoms. The molecule has 2 heterocycles. The number of hydrogen-bond acceptors (Lipinski definition) is 4. The zero-order valence-corrected chi connectivity index (χ0v) is 11.4. The van der Waals surface area contributed by atoms with E-state index in [-0.39, 0.29) is 11.3 Å². The van der Waals surface area contributed by atoms with Crippen LogP contribution in [0.2, 0.25) is 0 Å². The van der Waals surface area contributed by atoms with Crippen LogP contribution < -0.4 is 4.90 Å². The summed E-state index contributed by atoms with van der Waals surface area (Å²) in [7, 11) is 1.50. The van der Waals surface area contributed by atoms with Crippen molar-refractivity contribution in [2.75, 3.05) is 18.6 Å². The second-order valence-corrected chi connectivity index (χ2v) is 5.50. The molecule has 1 aromatic rings. The average Bonchev–Trinajstić information content (AvgIpc) is 2.83. The zero-order valence-electron chi connectivity index (χ0n) is 11.4. The Hall–Kier alpha value is -1.78. The first-order chi connectivity index (χ1) is 8.34. The summed E-state index contributed by atoms with van der Waals surface area (Å²) in [4.78, 5) is 13.6. The first-order valence-corrected chi connectivity index (χ1v) is 5.87. The SMILES string of the molecule is COC1=C(C)CN(c2cc(C(C)(C)C)on2)C1=O. The molecule has 5 heteroatoms. The van der Waals surface area contributed by atoms with Gasteiger partial charge in [0.25, 0.3) is 5.91 Å². The highest BCUT2D eigenvalue weighted by atomic mass is 16.5.